The Kier molecular flexibility index (Phi) is 5.24. The highest BCUT2D eigenvalue weighted by molar-refractivity contribution is 14.1. The number of benzene rings is 1. The number of imidazole rings is 1. The predicted octanol–water partition coefficient (Wildman–Crippen LogP) is 2.65. The number of nitrogens with zero attached hydrogens (tertiary/aromatic N) is 1. The summed E-state index contributed by atoms with van der Waals surface area (Å²) in [4.78, 5) is 19.0. The number of nitrogens with one attached hydrogen (secondary N) is 2. The van der Waals surface area contributed by atoms with Gasteiger partial charge in [0.2, 0.25) is 0 Å². The van der Waals surface area contributed by atoms with E-state index in [1.54, 1.807) is 24.7 Å². The Labute approximate surface area is 135 Å². The van der Waals surface area contributed by atoms with E-state index in [2.05, 4.69) is 37.9 Å². The summed E-state index contributed by atoms with van der Waals surface area (Å²) in [6, 6.07) is 3.36. The summed E-state index contributed by atoms with van der Waals surface area (Å²) in [5.74, 6) is 0.303. The fourth-order valence-corrected chi connectivity index (χ4v) is 2.30. The molecule has 0 spiro atoms. The van der Waals surface area contributed by atoms with Crippen molar-refractivity contribution in [2.45, 2.75) is 6.42 Å². The highest BCUT2D eigenvalue weighted by atomic mass is 127. The van der Waals surface area contributed by atoms with Crippen molar-refractivity contribution in [3.05, 3.63) is 44.5 Å². The van der Waals surface area contributed by atoms with E-state index in [1.807, 2.05) is 0 Å². The van der Waals surface area contributed by atoms with E-state index in [4.69, 9.17) is 16.3 Å². The molecular formula is C13H13ClIN3O2. The second kappa shape index (κ2) is 6.94. The van der Waals surface area contributed by atoms with E-state index in [-0.39, 0.29) is 5.91 Å². The molecule has 20 heavy (non-hydrogen) atoms. The summed E-state index contributed by atoms with van der Waals surface area (Å²) in [6.45, 7) is 0.508. The minimum absolute atomic E-state index is 0.209. The number of rotatable bonds is 5. The molecule has 0 aliphatic heterocycles. The summed E-state index contributed by atoms with van der Waals surface area (Å²) < 4.78 is 6.06. The normalized spacial score (nSPS) is 10.3. The van der Waals surface area contributed by atoms with Crippen LogP contribution in [0.2, 0.25) is 5.02 Å². The summed E-state index contributed by atoms with van der Waals surface area (Å²) in [5.41, 5.74) is 1.40. The van der Waals surface area contributed by atoms with E-state index in [1.165, 1.54) is 7.11 Å². The smallest absolute Gasteiger partial charge is 0.255 e. The number of carbonyl (C=O) groups excluding carboxylic acids is 1. The number of halogens is 2. The Morgan fingerprint density at radius 2 is 2.35 bits per heavy atom. The maximum absolute atomic E-state index is 12.1. The first-order valence-corrected chi connectivity index (χ1v) is 7.36. The van der Waals surface area contributed by atoms with Gasteiger partial charge >= 0.3 is 0 Å². The summed E-state index contributed by atoms with van der Waals surface area (Å²) in [7, 11) is 1.53. The van der Waals surface area contributed by atoms with Crippen LogP contribution in [0.3, 0.4) is 0 Å². The summed E-state index contributed by atoms with van der Waals surface area (Å²) in [5, 5.41) is 3.36. The van der Waals surface area contributed by atoms with E-state index in [0.29, 0.717) is 29.3 Å². The minimum atomic E-state index is -0.209. The summed E-state index contributed by atoms with van der Waals surface area (Å²) >= 11 is 8.14. The number of aromatic amines is 1. The molecule has 7 heteroatoms. The van der Waals surface area contributed by atoms with E-state index >= 15 is 0 Å². The van der Waals surface area contributed by atoms with Crippen molar-refractivity contribution in [3.63, 3.8) is 0 Å². The number of hydrogen-bond donors (Lipinski definition) is 2. The van der Waals surface area contributed by atoms with E-state index < -0.39 is 0 Å². The monoisotopic (exact) mass is 405 g/mol. The quantitative estimate of drug-likeness (QED) is 0.752. The van der Waals surface area contributed by atoms with Gasteiger partial charge in [-0.2, -0.15) is 0 Å². The van der Waals surface area contributed by atoms with Gasteiger partial charge in [0.1, 0.15) is 5.75 Å². The second-order valence-corrected chi connectivity index (χ2v) is 5.62. The molecule has 0 bridgehead atoms. The van der Waals surface area contributed by atoms with E-state index in [9.17, 15) is 4.79 Å². The largest absolute Gasteiger partial charge is 0.496 e. The van der Waals surface area contributed by atoms with Crippen LogP contribution in [-0.2, 0) is 6.42 Å². The fourth-order valence-electron chi connectivity index (χ4n) is 1.70. The number of aromatic nitrogens is 2. The van der Waals surface area contributed by atoms with E-state index in [0.717, 1.165) is 9.26 Å². The van der Waals surface area contributed by atoms with Gasteiger partial charge in [0.25, 0.3) is 5.91 Å². The first-order valence-electron chi connectivity index (χ1n) is 5.90. The number of carbonyl (C=O) groups is 1. The second-order valence-electron chi connectivity index (χ2n) is 4.05. The van der Waals surface area contributed by atoms with Gasteiger partial charge in [-0.15, -0.1) is 0 Å². The van der Waals surface area contributed by atoms with Gasteiger partial charge in [-0.25, -0.2) is 4.98 Å². The van der Waals surface area contributed by atoms with Gasteiger partial charge in [0, 0.05) is 28.4 Å². The Morgan fingerprint density at radius 1 is 1.55 bits per heavy atom. The van der Waals surface area contributed by atoms with Crippen LogP contribution in [0.1, 0.15) is 16.1 Å². The van der Waals surface area contributed by atoms with Crippen LogP contribution < -0.4 is 10.1 Å². The van der Waals surface area contributed by atoms with Crippen LogP contribution in [0.5, 0.6) is 5.75 Å². The fraction of sp³-hybridized carbons (Fsp3) is 0.231. The number of methoxy groups -OCH3 is 1. The molecule has 2 rings (SSSR count). The molecule has 1 aromatic carbocycles. The zero-order valence-electron chi connectivity index (χ0n) is 10.7. The number of H-pyrrole nitrogens is 1. The highest BCUT2D eigenvalue weighted by Gasteiger charge is 2.14. The molecule has 5 nitrogen and oxygen atoms in total. The highest BCUT2D eigenvalue weighted by Crippen LogP contribution is 2.28. The lowest BCUT2D eigenvalue weighted by Gasteiger charge is -2.10. The Hall–Kier alpha value is -1.28. The molecule has 0 saturated carbocycles. The molecule has 2 aromatic rings. The molecule has 0 aliphatic rings. The van der Waals surface area contributed by atoms with Gasteiger partial charge in [0.05, 0.1) is 24.0 Å². The zero-order valence-corrected chi connectivity index (χ0v) is 13.7. The van der Waals surface area contributed by atoms with Crippen molar-refractivity contribution in [2.75, 3.05) is 13.7 Å². The van der Waals surface area contributed by atoms with Gasteiger partial charge < -0.3 is 15.0 Å². The van der Waals surface area contributed by atoms with Crippen LogP contribution in [0.25, 0.3) is 0 Å². The summed E-state index contributed by atoms with van der Waals surface area (Å²) in [6.07, 6.45) is 4.03. The molecule has 0 saturated heterocycles. The first kappa shape index (κ1) is 15.1. The lowest BCUT2D eigenvalue weighted by atomic mass is 10.2. The van der Waals surface area contributed by atoms with Crippen LogP contribution in [-0.4, -0.2) is 29.5 Å². The molecule has 0 radical (unpaired) electrons. The van der Waals surface area contributed by atoms with Crippen LogP contribution in [0.15, 0.2) is 24.7 Å². The third-order valence-electron chi connectivity index (χ3n) is 2.72. The molecule has 1 amide bonds. The van der Waals surface area contributed by atoms with Crippen molar-refractivity contribution in [3.8, 4) is 5.75 Å². The Morgan fingerprint density at radius 3 is 3.00 bits per heavy atom. The Bertz CT molecular complexity index is 602. The first-order chi connectivity index (χ1) is 9.61. The van der Waals surface area contributed by atoms with Crippen molar-refractivity contribution in [2.24, 2.45) is 0 Å². The van der Waals surface area contributed by atoms with Crippen molar-refractivity contribution < 1.29 is 9.53 Å². The molecule has 0 aliphatic carbocycles. The molecule has 0 fully saturated rings. The van der Waals surface area contributed by atoms with Crippen LogP contribution >= 0.6 is 34.2 Å². The molecular weight excluding hydrogens is 393 g/mol. The topological polar surface area (TPSA) is 67.0 Å². The Balaban J connectivity index is 2.03. The predicted molar refractivity (Wildman–Crippen MR) is 85.3 cm³/mol. The SMILES string of the molecule is COc1cc(I)c(Cl)cc1C(=O)NCCc1cnc[nH]1. The standard InChI is InChI=1S/C13H13ClIN3O2/c1-20-12-5-11(15)10(14)4-9(12)13(19)17-3-2-8-6-16-7-18-8/h4-7H,2-3H2,1H3,(H,16,18)(H,17,19). The average molecular weight is 406 g/mol. The molecule has 2 N–H and O–H groups in total. The molecule has 0 atom stereocenters. The maximum atomic E-state index is 12.1. The average Bonchev–Trinajstić information content (AvgIpc) is 2.94. The van der Waals surface area contributed by atoms with Gasteiger partial charge in [0.15, 0.2) is 0 Å². The molecule has 1 aromatic heterocycles. The van der Waals surface area contributed by atoms with Crippen LogP contribution in [0.4, 0.5) is 0 Å². The maximum Gasteiger partial charge on any atom is 0.255 e. The van der Waals surface area contributed by atoms with Crippen molar-refractivity contribution >= 4 is 40.1 Å². The lowest BCUT2D eigenvalue weighted by molar-refractivity contribution is 0.0951. The third-order valence-corrected chi connectivity index (χ3v) is 4.25. The molecule has 0 unspecified atom stereocenters. The van der Waals surface area contributed by atoms with Crippen LogP contribution in [0, 0.1) is 3.57 Å². The van der Waals surface area contributed by atoms with Crippen molar-refractivity contribution in [1.82, 2.24) is 15.3 Å². The number of ether oxygens (including phenoxy) is 1. The van der Waals surface area contributed by atoms with Crippen molar-refractivity contribution in [1.29, 1.82) is 0 Å². The molecule has 106 valence electrons. The minimum Gasteiger partial charge on any atom is -0.496 e. The molecule has 1 heterocycles. The number of hydrogen-bond acceptors (Lipinski definition) is 3. The lowest BCUT2D eigenvalue weighted by Crippen LogP contribution is -2.26. The van der Waals surface area contributed by atoms with Gasteiger partial charge in [-0.05, 0) is 34.7 Å². The van der Waals surface area contributed by atoms with Gasteiger partial charge in [-0.3, -0.25) is 4.79 Å². The number of amides is 1. The van der Waals surface area contributed by atoms with Gasteiger partial charge in [-0.1, -0.05) is 11.6 Å². The third kappa shape index (κ3) is 3.63. The zero-order chi connectivity index (χ0) is 14.5.